The molecule has 2 fully saturated rings. The lowest BCUT2D eigenvalue weighted by Crippen LogP contribution is -2.31. The summed E-state index contributed by atoms with van der Waals surface area (Å²) >= 11 is 0. The van der Waals surface area contributed by atoms with Crippen LogP contribution in [0.1, 0.15) is 43.9 Å². The maximum atomic E-state index is 5.60. The van der Waals surface area contributed by atoms with Crippen LogP contribution in [-0.4, -0.2) is 32.8 Å². The largest absolute Gasteiger partial charge is 0.338 e. The molecule has 1 saturated carbocycles. The SMILES string of the molecule is Cn1ccnc1-c1noc(C2CNCC23CCCCC3)n1. The van der Waals surface area contributed by atoms with Gasteiger partial charge in [0.15, 0.2) is 5.82 Å². The number of aryl methyl sites for hydroxylation is 1. The summed E-state index contributed by atoms with van der Waals surface area (Å²) in [6.07, 6.45) is 10.2. The van der Waals surface area contributed by atoms with E-state index in [9.17, 15) is 0 Å². The Morgan fingerprint density at radius 3 is 2.95 bits per heavy atom. The molecule has 1 unspecified atom stereocenters. The van der Waals surface area contributed by atoms with E-state index in [4.69, 9.17) is 4.52 Å². The average molecular weight is 287 g/mol. The molecule has 2 aliphatic rings. The molecule has 6 nitrogen and oxygen atoms in total. The minimum absolute atomic E-state index is 0.323. The molecular formula is C15H21N5O. The molecule has 1 atom stereocenters. The zero-order valence-corrected chi connectivity index (χ0v) is 12.4. The Kier molecular flexibility index (Phi) is 3.06. The predicted molar refractivity (Wildman–Crippen MR) is 77.6 cm³/mol. The van der Waals surface area contributed by atoms with Gasteiger partial charge >= 0.3 is 0 Å². The van der Waals surface area contributed by atoms with E-state index in [1.807, 2.05) is 17.8 Å². The first kappa shape index (κ1) is 13.0. The molecule has 2 aromatic rings. The molecule has 0 aromatic carbocycles. The number of hydrogen-bond donors (Lipinski definition) is 1. The quantitative estimate of drug-likeness (QED) is 0.916. The molecule has 1 aliphatic heterocycles. The lowest BCUT2D eigenvalue weighted by atomic mass is 9.67. The van der Waals surface area contributed by atoms with Crippen molar-refractivity contribution in [3.63, 3.8) is 0 Å². The number of aromatic nitrogens is 4. The molecule has 1 spiro atoms. The van der Waals surface area contributed by atoms with Crippen LogP contribution in [0.15, 0.2) is 16.9 Å². The molecule has 0 radical (unpaired) electrons. The molecule has 1 aliphatic carbocycles. The van der Waals surface area contributed by atoms with E-state index in [1.165, 1.54) is 32.1 Å². The Bertz CT molecular complexity index is 626. The topological polar surface area (TPSA) is 68.8 Å². The van der Waals surface area contributed by atoms with E-state index in [0.29, 0.717) is 17.2 Å². The highest BCUT2D eigenvalue weighted by Crippen LogP contribution is 2.49. The van der Waals surface area contributed by atoms with Crippen LogP contribution in [0.25, 0.3) is 11.6 Å². The monoisotopic (exact) mass is 287 g/mol. The van der Waals surface area contributed by atoms with E-state index in [1.54, 1.807) is 6.20 Å². The van der Waals surface area contributed by atoms with Gasteiger partial charge in [-0.1, -0.05) is 24.4 Å². The van der Waals surface area contributed by atoms with Crippen molar-refractivity contribution in [2.75, 3.05) is 13.1 Å². The highest BCUT2D eigenvalue weighted by molar-refractivity contribution is 5.42. The highest BCUT2D eigenvalue weighted by atomic mass is 16.5. The molecule has 112 valence electrons. The van der Waals surface area contributed by atoms with Crippen LogP contribution in [0.2, 0.25) is 0 Å². The molecule has 0 amide bonds. The first-order valence-electron chi connectivity index (χ1n) is 7.81. The fraction of sp³-hybridized carbons (Fsp3) is 0.667. The number of nitrogens with zero attached hydrogens (tertiary/aromatic N) is 4. The third kappa shape index (κ3) is 2.09. The van der Waals surface area contributed by atoms with Gasteiger partial charge in [-0.2, -0.15) is 4.98 Å². The number of rotatable bonds is 2. The minimum atomic E-state index is 0.323. The molecule has 6 heteroatoms. The van der Waals surface area contributed by atoms with Crippen LogP contribution in [0.5, 0.6) is 0 Å². The minimum Gasteiger partial charge on any atom is -0.338 e. The summed E-state index contributed by atoms with van der Waals surface area (Å²) in [5.41, 5.74) is 0.323. The van der Waals surface area contributed by atoms with Crippen molar-refractivity contribution in [2.24, 2.45) is 12.5 Å². The smallest absolute Gasteiger partial charge is 0.238 e. The number of nitrogens with one attached hydrogen (secondary N) is 1. The van der Waals surface area contributed by atoms with E-state index >= 15 is 0 Å². The van der Waals surface area contributed by atoms with Crippen LogP contribution < -0.4 is 5.32 Å². The van der Waals surface area contributed by atoms with Gasteiger partial charge < -0.3 is 14.4 Å². The standard InChI is InChI=1S/C15H21N5O/c1-20-8-7-17-13(20)12-18-14(21-19-12)11-9-16-10-15(11)5-3-2-4-6-15/h7-8,11,16H,2-6,9-10H2,1H3. The van der Waals surface area contributed by atoms with Gasteiger partial charge in [0.05, 0.1) is 5.92 Å². The molecule has 3 heterocycles. The Morgan fingerprint density at radius 2 is 2.19 bits per heavy atom. The predicted octanol–water partition coefficient (Wildman–Crippen LogP) is 2.11. The highest BCUT2D eigenvalue weighted by Gasteiger charge is 2.46. The lowest BCUT2D eigenvalue weighted by molar-refractivity contribution is 0.165. The van der Waals surface area contributed by atoms with Gasteiger partial charge in [-0.25, -0.2) is 4.98 Å². The summed E-state index contributed by atoms with van der Waals surface area (Å²) in [6, 6.07) is 0. The fourth-order valence-corrected chi connectivity index (χ4v) is 3.98. The van der Waals surface area contributed by atoms with Gasteiger partial charge in [0.25, 0.3) is 0 Å². The maximum Gasteiger partial charge on any atom is 0.238 e. The van der Waals surface area contributed by atoms with Crippen LogP contribution in [0.3, 0.4) is 0 Å². The van der Waals surface area contributed by atoms with E-state index in [2.05, 4.69) is 20.4 Å². The van der Waals surface area contributed by atoms with Crippen molar-refractivity contribution in [2.45, 2.75) is 38.0 Å². The van der Waals surface area contributed by atoms with Crippen molar-refractivity contribution < 1.29 is 4.52 Å². The van der Waals surface area contributed by atoms with Gasteiger partial charge in [0.1, 0.15) is 0 Å². The van der Waals surface area contributed by atoms with Crippen LogP contribution in [-0.2, 0) is 7.05 Å². The van der Waals surface area contributed by atoms with E-state index < -0.39 is 0 Å². The second-order valence-electron chi connectivity index (χ2n) is 6.42. The van der Waals surface area contributed by atoms with Crippen molar-refractivity contribution in [3.05, 3.63) is 18.3 Å². The summed E-state index contributed by atoms with van der Waals surface area (Å²) in [4.78, 5) is 8.94. The Balaban J connectivity index is 1.64. The Hall–Kier alpha value is -1.69. The molecule has 1 saturated heterocycles. The summed E-state index contributed by atoms with van der Waals surface area (Å²) < 4.78 is 7.52. The summed E-state index contributed by atoms with van der Waals surface area (Å²) in [5.74, 6) is 2.48. The van der Waals surface area contributed by atoms with Gasteiger partial charge in [-0.15, -0.1) is 0 Å². The van der Waals surface area contributed by atoms with Gasteiger partial charge in [0.2, 0.25) is 11.7 Å². The molecule has 1 N–H and O–H groups in total. The number of imidazole rings is 1. The molecule has 2 aromatic heterocycles. The Morgan fingerprint density at radius 1 is 1.33 bits per heavy atom. The first-order chi connectivity index (χ1) is 10.3. The zero-order valence-electron chi connectivity index (χ0n) is 12.4. The van der Waals surface area contributed by atoms with Gasteiger partial charge in [0, 0.05) is 32.5 Å². The van der Waals surface area contributed by atoms with Gasteiger partial charge in [-0.3, -0.25) is 0 Å². The summed E-state index contributed by atoms with van der Waals surface area (Å²) in [7, 11) is 1.94. The van der Waals surface area contributed by atoms with E-state index in [-0.39, 0.29) is 0 Å². The zero-order chi connectivity index (χ0) is 14.3. The third-order valence-electron chi connectivity index (χ3n) is 5.18. The molecule has 4 rings (SSSR count). The van der Waals surface area contributed by atoms with Crippen LogP contribution in [0.4, 0.5) is 0 Å². The third-order valence-corrected chi connectivity index (χ3v) is 5.18. The van der Waals surface area contributed by atoms with Crippen LogP contribution in [0, 0.1) is 5.41 Å². The Labute approximate surface area is 123 Å². The maximum absolute atomic E-state index is 5.60. The molecular weight excluding hydrogens is 266 g/mol. The van der Waals surface area contributed by atoms with Gasteiger partial charge in [-0.05, 0) is 18.3 Å². The summed E-state index contributed by atoms with van der Waals surface area (Å²) in [6.45, 7) is 2.03. The first-order valence-corrected chi connectivity index (χ1v) is 7.81. The fourth-order valence-electron chi connectivity index (χ4n) is 3.98. The van der Waals surface area contributed by atoms with E-state index in [0.717, 1.165) is 24.8 Å². The molecule has 0 bridgehead atoms. The van der Waals surface area contributed by atoms with Crippen molar-refractivity contribution in [3.8, 4) is 11.6 Å². The second-order valence-corrected chi connectivity index (χ2v) is 6.42. The summed E-state index contributed by atoms with van der Waals surface area (Å²) in [5, 5.41) is 7.68. The normalized spacial score (nSPS) is 24.7. The lowest BCUT2D eigenvalue weighted by Gasteiger charge is -2.36. The van der Waals surface area contributed by atoms with Crippen molar-refractivity contribution in [1.82, 2.24) is 25.0 Å². The number of hydrogen-bond acceptors (Lipinski definition) is 5. The second kappa shape index (κ2) is 4.94. The molecule has 21 heavy (non-hydrogen) atoms. The van der Waals surface area contributed by atoms with Crippen molar-refractivity contribution >= 4 is 0 Å². The van der Waals surface area contributed by atoms with Crippen LogP contribution >= 0.6 is 0 Å². The van der Waals surface area contributed by atoms with Crippen molar-refractivity contribution in [1.29, 1.82) is 0 Å². The average Bonchev–Trinajstić information content (AvgIpc) is 3.19.